The second kappa shape index (κ2) is 6.02. The minimum atomic E-state index is -0.573. The number of halogens is 1. The van der Waals surface area contributed by atoms with Crippen molar-refractivity contribution in [1.82, 2.24) is 14.8 Å². The summed E-state index contributed by atoms with van der Waals surface area (Å²) in [6, 6.07) is 0. The average molecular weight is 316 g/mol. The second-order valence-corrected chi connectivity index (χ2v) is 4.84. The Labute approximate surface area is 123 Å². The summed E-state index contributed by atoms with van der Waals surface area (Å²) in [4.78, 5) is 27.1. The van der Waals surface area contributed by atoms with Crippen LogP contribution in [0.15, 0.2) is 12.4 Å². The molecule has 2 heterocycles. The zero-order valence-electron chi connectivity index (χ0n) is 10.6. The fraction of sp³-hybridized carbons (Fsp3) is 0.273. The summed E-state index contributed by atoms with van der Waals surface area (Å²) in [6.45, 7) is 1.99. The molecule has 0 aliphatic rings. The SMILES string of the molecule is CCOC(=O)c1cnn(-c2nc(Cl)c(C(=O)OC)s2)c1. The van der Waals surface area contributed by atoms with Crippen molar-refractivity contribution in [1.29, 1.82) is 0 Å². The van der Waals surface area contributed by atoms with E-state index in [0.717, 1.165) is 11.3 Å². The number of thiazole rings is 1. The lowest BCUT2D eigenvalue weighted by Crippen LogP contribution is -2.03. The van der Waals surface area contributed by atoms with Gasteiger partial charge in [0, 0.05) is 6.20 Å². The molecule has 2 aromatic rings. The van der Waals surface area contributed by atoms with Gasteiger partial charge in [-0.25, -0.2) is 19.3 Å². The summed E-state index contributed by atoms with van der Waals surface area (Å²) in [7, 11) is 1.25. The molecule has 9 heteroatoms. The van der Waals surface area contributed by atoms with Gasteiger partial charge in [-0.05, 0) is 6.92 Å². The van der Waals surface area contributed by atoms with E-state index in [2.05, 4.69) is 14.8 Å². The van der Waals surface area contributed by atoms with Crippen molar-refractivity contribution in [3.63, 3.8) is 0 Å². The summed E-state index contributed by atoms with van der Waals surface area (Å²) < 4.78 is 10.8. The molecule has 0 atom stereocenters. The Morgan fingerprint density at radius 3 is 2.85 bits per heavy atom. The van der Waals surface area contributed by atoms with E-state index in [4.69, 9.17) is 16.3 Å². The number of hydrogen-bond acceptors (Lipinski definition) is 7. The predicted molar refractivity (Wildman–Crippen MR) is 71.5 cm³/mol. The Bertz CT molecular complexity index is 652. The van der Waals surface area contributed by atoms with E-state index in [9.17, 15) is 9.59 Å². The van der Waals surface area contributed by atoms with Crippen molar-refractivity contribution in [2.75, 3.05) is 13.7 Å². The molecule has 2 rings (SSSR count). The van der Waals surface area contributed by atoms with Crippen LogP contribution in [-0.4, -0.2) is 40.4 Å². The van der Waals surface area contributed by atoms with Crippen LogP contribution in [0.3, 0.4) is 0 Å². The van der Waals surface area contributed by atoms with Crippen molar-refractivity contribution < 1.29 is 19.1 Å². The molecular formula is C11H10ClN3O4S. The molecule has 0 spiro atoms. The lowest BCUT2D eigenvalue weighted by molar-refractivity contribution is 0.0525. The highest BCUT2D eigenvalue weighted by molar-refractivity contribution is 7.16. The predicted octanol–water partition coefficient (Wildman–Crippen LogP) is 1.95. The van der Waals surface area contributed by atoms with Crippen molar-refractivity contribution in [2.45, 2.75) is 6.92 Å². The highest BCUT2D eigenvalue weighted by Gasteiger charge is 2.19. The van der Waals surface area contributed by atoms with Crippen LogP contribution in [-0.2, 0) is 9.47 Å². The summed E-state index contributed by atoms with van der Waals surface area (Å²) in [5.41, 5.74) is 0.290. The Kier molecular flexibility index (Phi) is 4.35. The van der Waals surface area contributed by atoms with E-state index in [-0.39, 0.29) is 22.2 Å². The van der Waals surface area contributed by atoms with E-state index in [0.29, 0.717) is 5.13 Å². The van der Waals surface area contributed by atoms with Gasteiger partial charge < -0.3 is 9.47 Å². The van der Waals surface area contributed by atoms with Gasteiger partial charge in [-0.3, -0.25) is 0 Å². The monoisotopic (exact) mass is 315 g/mol. The number of carbonyl (C=O) groups excluding carboxylic acids is 2. The molecule has 0 saturated carbocycles. The lowest BCUT2D eigenvalue weighted by atomic mass is 10.4. The third-order valence-corrected chi connectivity index (χ3v) is 3.65. The van der Waals surface area contributed by atoms with Crippen LogP contribution in [0.5, 0.6) is 0 Å². The average Bonchev–Trinajstić information content (AvgIpc) is 3.04. The van der Waals surface area contributed by atoms with Crippen LogP contribution >= 0.6 is 22.9 Å². The zero-order valence-corrected chi connectivity index (χ0v) is 12.2. The third-order valence-electron chi connectivity index (χ3n) is 2.24. The van der Waals surface area contributed by atoms with E-state index in [1.165, 1.54) is 24.2 Å². The molecule has 0 bridgehead atoms. The summed E-state index contributed by atoms with van der Waals surface area (Å²) in [6.07, 6.45) is 2.80. The van der Waals surface area contributed by atoms with Gasteiger partial charge in [0.25, 0.3) is 0 Å². The van der Waals surface area contributed by atoms with Gasteiger partial charge in [0.2, 0.25) is 5.13 Å². The molecule has 0 unspecified atom stereocenters. The van der Waals surface area contributed by atoms with Gasteiger partial charge in [-0.15, -0.1) is 0 Å². The number of carbonyl (C=O) groups is 2. The first kappa shape index (κ1) is 14.5. The van der Waals surface area contributed by atoms with Crippen molar-refractivity contribution in [3.05, 3.63) is 28.0 Å². The summed E-state index contributed by atoms with van der Waals surface area (Å²) >= 11 is 6.87. The Morgan fingerprint density at radius 2 is 2.20 bits per heavy atom. The number of esters is 2. The standard InChI is InChI=1S/C11H10ClN3O4S/c1-3-19-9(16)6-4-13-15(5-6)11-14-8(12)7(20-11)10(17)18-2/h4-5H,3H2,1-2H3. The zero-order chi connectivity index (χ0) is 14.7. The maximum atomic E-state index is 11.5. The van der Waals surface area contributed by atoms with Crippen molar-refractivity contribution in [2.24, 2.45) is 0 Å². The van der Waals surface area contributed by atoms with E-state index >= 15 is 0 Å². The molecule has 0 fully saturated rings. The molecule has 20 heavy (non-hydrogen) atoms. The van der Waals surface area contributed by atoms with Gasteiger partial charge in [0.05, 0.1) is 25.5 Å². The van der Waals surface area contributed by atoms with Crippen LogP contribution in [0.2, 0.25) is 5.15 Å². The minimum Gasteiger partial charge on any atom is -0.465 e. The third kappa shape index (κ3) is 2.81. The maximum absolute atomic E-state index is 11.5. The van der Waals surface area contributed by atoms with E-state index in [1.54, 1.807) is 6.92 Å². The number of nitrogens with zero attached hydrogens (tertiary/aromatic N) is 3. The molecule has 0 aliphatic heterocycles. The molecule has 0 amide bonds. The van der Waals surface area contributed by atoms with E-state index in [1.807, 2.05) is 0 Å². The highest BCUT2D eigenvalue weighted by atomic mass is 35.5. The fourth-order valence-electron chi connectivity index (χ4n) is 1.35. The molecule has 0 aliphatic carbocycles. The Hall–Kier alpha value is -1.93. The van der Waals surface area contributed by atoms with Crippen LogP contribution < -0.4 is 0 Å². The lowest BCUT2D eigenvalue weighted by Gasteiger charge is -1.96. The van der Waals surface area contributed by atoms with Gasteiger partial charge in [0.1, 0.15) is 0 Å². The second-order valence-electron chi connectivity index (χ2n) is 3.50. The van der Waals surface area contributed by atoms with Crippen LogP contribution in [0.25, 0.3) is 5.13 Å². The number of aromatic nitrogens is 3. The molecule has 0 aromatic carbocycles. The smallest absolute Gasteiger partial charge is 0.351 e. The molecular weight excluding hydrogens is 306 g/mol. The Morgan fingerprint density at radius 1 is 1.45 bits per heavy atom. The largest absolute Gasteiger partial charge is 0.465 e. The first-order valence-electron chi connectivity index (χ1n) is 5.53. The van der Waals surface area contributed by atoms with Gasteiger partial charge >= 0.3 is 11.9 Å². The first-order chi connectivity index (χ1) is 9.56. The van der Waals surface area contributed by atoms with Gasteiger partial charge in [0.15, 0.2) is 10.0 Å². The van der Waals surface area contributed by atoms with Crippen LogP contribution in [0.4, 0.5) is 0 Å². The van der Waals surface area contributed by atoms with Gasteiger partial charge in [-0.1, -0.05) is 22.9 Å². The van der Waals surface area contributed by atoms with Crippen molar-refractivity contribution >= 4 is 34.9 Å². The molecule has 2 aromatic heterocycles. The topological polar surface area (TPSA) is 83.3 Å². The maximum Gasteiger partial charge on any atom is 0.351 e. The van der Waals surface area contributed by atoms with E-state index < -0.39 is 11.9 Å². The summed E-state index contributed by atoms with van der Waals surface area (Å²) in [5, 5.41) is 4.37. The molecule has 0 radical (unpaired) electrons. The Balaban J connectivity index is 2.29. The fourth-order valence-corrected chi connectivity index (χ4v) is 2.49. The quantitative estimate of drug-likeness (QED) is 0.802. The highest BCUT2D eigenvalue weighted by Crippen LogP contribution is 2.26. The number of hydrogen-bond donors (Lipinski definition) is 0. The van der Waals surface area contributed by atoms with Crippen LogP contribution in [0, 0.1) is 0 Å². The number of methoxy groups -OCH3 is 1. The normalized spacial score (nSPS) is 10.3. The van der Waals surface area contributed by atoms with Crippen molar-refractivity contribution in [3.8, 4) is 5.13 Å². The molecule has 106 valence electrons. The van der Waals surface area contributed by atoms with Crippen LogP contribution in [0.1, 0.15) is 27.0 Å². The molecule has 0 N–H and O–H groups in total. The van der Waals surface area contributed by atoms with Gasteiger partial charge in [-0.2, -0.15) is 5.10 Å². The number of ether oxygens (including phenoxy) is 2. The number of rotatable bonds is 4. The molecule has 0 saturated heterocycles. The first-order valence-corrected chi connectivity index (χ1v) is 6.73. The summed E-state index contributed by atoms with van der Waals surface area (Å²) in [5.74, 6) is -1.05. The molecule has 7 nitrogen and oxygen atoms in total. The minimum absolute atomic E-state index is 0.0324.